The fraction of sp³-hybridized carbons (Fsp3) is 0.161. The summed E-state index contributed by atoms with van der Waals surface area (Å²) in [4.78, 5) is 35.9. The molecule has 0 saturated heterocycles. The monoisotopic (exact) mass is 540 g/mol. The van der Waals surface area contributed by atoms with Crippen LogP contribution in [0.5, 0.6) is 11.5 Å². The number of amides is 1. The molecule has 4 rings (SSSR count). The molecule has 0 spiro atoms. The predicted octanol–water partition coefficient (Wildman–Crippen LogP) is 5.27. The summed E-state index contributed by atoms with van der Waals surface area (Å²) in [5.41, 5.74) is 2.48. The Bertz CT molecular complexity index is 1460. The molecule has 204 valence electrons. The van der Waals surface area contributed by atoms with Gasteiger partial charge in [0, 0.05) is 24.1 Å². The summed E-state index contributed by atoms with van der Waals surface area (Å²) in [5, 5.41) is 13.7. The van der Waals surface area contributed by atoms with Crippen molar-refractivity contribution in [2.24, 2.45) is 0 Å². The van der Waals surface area contributed by atoms with Gasteiger partial charge < -0.3 is 19.5 Å². The van der Waals surface area contributed by atoms with Crippen LogP contribution in [0.4, 0.5) is 5.69 Å². The maximum absolute atomic E-state index is 12.9. The van der Waals surface area contributed by atoms with Crippen molar-refractivity contribution in [3.8, 4) is 11.5 Å². The number of rotatable bonds is 12. The van der Waals surface area contributed by atoms with Gasteiger partial charge in [0.05, 0.1) is 12.0 Å². The van der Waals surface area contributed by atoms with Gasteiger partial charge in [0.2, 0.25) is 0 Å². The predicted molar refractivity (Wildman–Crippen MR) is 148 cm³/mol. The molecular weight excluding hydrogens is 512 g/mol. The molecule has 0 aliphatic heterocycles. The highest BCUT2D eigenvalue weighted by molar-refractivity contribution is 5.97. The van der Waals surface area contributed by atoms with Crippen molar-refractivity contribution in [2.75, 3.05) is 7.11 Å². The molecule has 4 aromatic carbocycles. The lowest BCUT2D eigenvalue weighted by molar-refractivity contribution is -0.384. The topological polar surface area (TPSA) is 117 Å². The van der Waals surface area contributed by atoms with E-state index in [0.29, 0.717) is 30.3 Å². The Balaban J connectivity index is 1.54. The van der Waals surface area contributed by atoms with E-state index in [2.05, 4.69) is 5.32 Å². The summed E-state index contributed by atoms with van der Waals surface area (Å²) in [5.74, 6) is -0.290. The summed E-state index contributed by atoms with van der Waals surface area (Å²) >= 11 is 0. The highest BCUT2D eigenvalue weighted by Gasteiger charge is 2.24. The average molecular weight is 541 g/mol. The summed E-state index contributed by atoms with van der Waals surface area (Å²) in [6.07, 6.45) is 0.0913. The van der Waals surface area contributed by atoms with Crippen molar-refractivity contribution in [1.29, 1.82) is 0 Å². The van der Waals surface area contributed by atoms with Crippen LogP contribution in [-0.4, -0.2) is 30.0 Å². The Labute approximate surface area is 231 Å². The first-order valence-electron chi connectivity index (χ1n) is 12.5. The standard InChI is InChI=1S/C31H28N2O7/c1-38-31(35)27(32-30(34)25-13-8-14-26(19-25)33(36)37)17-24-15-16-28(39-20-22-9-4-2-5-10-22)29(18-24)40-21-23-11-6-3-7-12-23/h2-16,18-19,27H,17,20-21H2,1H3,(H,32,34)/t27-/m1/s1. The second-order valence-electron chi connectivity index (χ2n) is 8.89. The lowest BCUT2D eigenvalue weighted by atomic mass is 10.0. The smallest absolute Gasteiger partial charge is 0.328 e. The highest BCUT2D eigenvalue weighted by atomic mass is 16.6. The van der Waals surface area contributed by atoms with E-state index in [1.54, 1.807) is 18.2 Å². The Morgan fingerprint density at radius 3 is 2.00 bits per heavy atom. The van der Waals surface area contributed by atoms with Crippen LogP contribution in [0, 0.1) is 10.1 Å². The molecule has 4 aromatic rings. The number of ether oxygens (including phenoxy) is 3. The Kier molecular flexibility index (Phi) is 9.44. The zero-order valence-corrected chi connectivity index (χ0v) is 21.8. The third-order valence-corrected chi connectivity index (χ3v) is 6.03. The zero-order valence-electron chi connectivity index (χ0n) is 21.8. The van der Waals surface area contributed by atoms with Gasteiger partial charge in [0.1, 0.15) is 19.3 Å². The van der Waals surface area contributed by atoms with Crippen LogP contribution < -0.4 is 14.8 Å². The molecule has 0 bridgehead atoms. The van der Waals surface area contributed by atoms with Gasteiger partial charge in [-0.15, -0.1) is 0 Å². The fourth-order valence-electron chi connectivity index (χ4n) is 3.96. The molecule has 0 aliphatic carbocycles. The number of non-ortho nitro benzene ring substituents is 1. The Morgan fingerprint density at radius 1 is 0.775 bits per heavy atom. The number of nitrogens with one attached hydrogen (secondary N) is 1. The quantitative estimate of drug-likeness (QED) is 0.148. The molecule has 1 N–H and O–H groups in total. The van der Waals surface area contributed by atoms with Crippen molar-refractivity contribution in [3.63, 3.8) is 0 Å². The van der Waals surface area contributed by atoms with E-state index in [1.165, 1.54) is 25.3 Å². The molecule has 0 heterocycles. The van der Waals surface area contributed by atoms with E-state index in [9.17, 15) is 19.7 Å². The molecule has 0 saturated carbocycles. The second kappa shape index (κ2) is 13.6. The van der Waals surface area contributed by atoms with Crippen molar-refractivity contribution in [3.05, 3.63) is 135 Å². The molecule has 1 amide bonds. The van der Waals surface area contributed by atoms with E-state index in [4.69, 9.17) is 14.2 Å². The number of nitrogens with zero attached hydrogens (tertiary/aromatic N) is 1. The molecule has 1 atom stereocenters. The SMILES string of the molecule is COC(=O)[C@@H](Cc1ccc(OCc2ccccc2)c(OCc2ccccc2)c1)NC(=O)c1cccc([N+](=O)[O-])c1. The van der Waals surface area contributed by atoms with Crippen LogP contribution in [0.1, 0.15) is 27.0 Å². The summed E-state index contributed by atoms with van der Waals surface area (Å²) in [6, 6.07) is 28.9. The molecule has 0 aromatic heterocycles. The maximum atomic E-state index is 12.9. The Hall–Kier alpha value is -5.18. The van der Waals surface area contributed by atoms with Crippen LogP contribution in [0.3, 0.4) is 0 Å². The van der Waals surface area contributed by atoms with E-state index in [0.717, 1.165) is 17.2 Å². The van der Waals surface area contributed by atoms with Crippen molar-refractivity contribution < 1.29 is 28.7 Å². The number of benzene rings is 4. The average Bonchev–Trinajstić information content (AvgIpc) is 2.99. The second-order valence-corrected chi connectivity index (χ2v) is 8.89. The fourth-order valence-corrected chi connectivity index (χ4v) is 3.96. The molecule has 0 unspecified atom stereocenters. The summed E-state index contributed by atoms with van der Waals surface area (Å²) in [7, 11) is 1.23. The van der Waals surface area contributed by atoms with Crippen molar-refractivity contribution >= 4 is 17.6 Å². The lowest BCUT2D eigenvalue weighted by Gasteiger charge is -2.18. The number of hydrogen-bond acceptors (Lipinski definition) is 7. The molecule has 40 heavy (non-hydrogen) atoms. The molecule has 9 nitrogen and oxygen atoms in total. The van der Waals surface area contributed by atoms with E-state index >= 15 is 0 Å². The minimum Gasteiger partial charge on any atom is -0.485 e. The normalized spacial score (nSPS) is 11.2. The number of nitro benzene ring substituents is 1. The first-order chi connectivity index (χ1) is 19.4. The summed E-state index contributed by atoms with van der Waals surface area (Å²) < 4.78 is 17.1. The van der Waals surface area contributed by atoms with Gasteiger partial charge in [-0.3, -0.25) is 14.9 Å². The van der Waals surface area contributed by atoms with Gasteiger partial charge in [0.15, 0.2) is 11.5 Å². The van der Waals surface area contributed by atoms with Gasteiger partial charge in [-0.05, 0) is 34.9 Å². The van der Waals surface area contributed by atoms with Gasteiger partial charge in [-0.2, -0.15) is 0 Å². The highest BCUT2D eigenvalue weighted by Crippen LogP contribution is 2.31. The third-order valence-electron chi connectivity index (χ3n) is 6.03. The number of carbonyl (C=O) groups is 2. The van der Waals surface area contributed by atoms with E-state index < -0.39 is 22.8 Å². The van der Waals surface area contributed by atoms with E-state index in [1.807, 2.05) is 60.7 Å². The molecular formula is C31H28N2O7. The van der Waals surface area contributed by atoms with E-state index in [-0.39, 0.29) is 17.7 Å². The number of hydrogen-bond donors (Lipinski definition) is 1. The van der Waals surface area contributed by atoms with Gasteiger partial charge in [-0.1, -0.05) is 72.8 Å². The number of carbonyl (C=O) groups excluding carboxylic acids is 2. The minimum atomic E-state index is -1.05. The Morgan fingerprint density at radius 2 is 1.40 bits per heavy atom. The molecule has 0 fully saturated rings. The van der Waals surface area contributed by atoms with Crippen LogP contribution in [0.25, 0.3) is 0 Å². The van der Waals surface area contributed by atoms with Crippen LogP contribution in [0.15, 0.2) is 103 Å². The van der Waals surface area contributed by atoms with Crippen molar-refractivity contribution in [1.82, 2.24) is 5.32 Å². The maximum Gasteiger partial charge on any atom is 0.328 e. The first kappa shape index (κ1) is 27.8. The van der Waals surface area contributed by atoms with Gasteiger partial charge in [-0.25, -0.2) is 4.79 Å². The number of nitro groups is 1. The van der Waals surface area contributed by atoms with Crippen LogP contribution >= 0.6 is 0 Å². The third kappa shape index (κ3) is 7.67. The lowest BCUT2D eigenvalue weighted by Crippen LogP contribution is -2.43. The van der Waals surface area contributed by atoms with Crippen LogP contribution in [0.2, 0.25) is 0 Å². The van der Waals surface area contributed by atoms with Gasteiger partial charge >= 0.3 is 5.97 Å². The molecule has 0 radical (unpaired) electrons. The largest absolute Gasteiger partial charge is 0.485 e. The van der Waals surface area contributed by atoms with Crippen LogP contribution in [-0.2, 0) is 29.2 Å². The number of methoxy groups -OCH3 is 1. The molecule has 9 heteroatoms. The van der Waals surface area contributed by atoms with Gasteiger partial charge in [0.25, 0.3) is 11.6 Å². The number of esters is 1. The summed E-state index contributed by atoms with van der Waals surface area (Å²) in [6.45, 7) is 0.641. The molecule has 0 aliphatic rings. The zero-order chi connectivity index (χ0) is 28.3. The van der Waals surface area contributed by atoms with Crippen molar-refractivity contribution in [2.45, 2.75) is 25.7 Å². The minimum absolute atomic E-state index is 0.0552. The first-order valence-corrected chi connectivity index (χ1v) is 12.5.